The van der Waals surface area contributed by atoms with Gasteiger partial charge in [-0.05, 0) is 73.2 Å². The Morgan fingerprint density at radius 2 is 1.64 bits per heavy atom. The highest BCUT2D eigenvalue weighted by atomic mass is 35.5. The number of fused-ring (bicyclic) bond motifs is 1. The van der Waals surface area contributed by atoms with Gasteiger partial charge in [-0.1, -0.05) is 48.3 Å². The number of hydrogen-bond donors (Lipinski definition) is 0. The van der Waals surface area contributed by atoms with Crippen molar-refractivity contribution in [3.63, 3.8) is 0 Å². The number of amides is 2. The average Bonchev–Trinajstić information content (AvgIpc) is 3.63. The Morgan fingerprint density at radius 1 is 0.872 bits per heavy atom. The Labute approximate surface area is 235 Å². The van der Waals surface area contributed by atoms with Crippen LogP contribution in [-0.4, -0.2) is 24.5 Å². The van der Waals surface area contributed by atoms with Crippen LogP contribution in [0.2, 0.25) is 10.0 Å². The van der Waals surface area contributed by atoms with E-state index in [0.29, 0.717) is 50.9 Å². The van der Waals surface area contributed by atoms with Crippen LogP contribution in [0.25, 0.3) is 11.3 Å². The first-order chi connectivity index (χ1) is 19.0. The van der Waals surface area contributed by atoms with Crippen LogP contribution in [0.5, 0.6) is 5.75 Å². The third-order valence-electron chi connectivity index (χ3n) is 6.81. The van der Waals surface area contributed by atoms with Gasteiger partial charge in [0.25, 0.3) is 5.91 Å². The monoisotopic (exact) mass is 562 g/mol. The van der Waals surface area contributed by atoms with Crippen molar-refractivity contribution < 1.29 is 23.6 Å². The van der Waals surface area contributed by atoms with E-state index < -0.39 is 24.0 Å². The molecule has 0 radical (unpaired) electrons. The van der Waals surface area contributed by atoms with Gasteiger partial charge in [0.15, 0.2) is 6.10 Å². The van der Waals surface area contributed by atoms with Crippen molar-refractivity contribution in [3.05, 3.63) is 101 Å². The van der Waals surface area contributed by atoms with Crippen LogP contribution in [-0.2, 0) is 14.4 Å². The molecular formula is C30H24Cl2N2O5. The van der Waals surface area contributed by atoms with E-state index in [1.165, 1.54) is 4.90 Å². The summed E-state index contributed by atoms with van der Waals surface area (Å²) in [5.41, 5.74) is 1.82. The number of anilines is 2. The molecule has 39 heavy (non-hydrogen) atoms. The maximum atomic E-state index is 13.9. The fourth-order valence-corrected chi connectivity index (χ4v) is 5.52. The zero-order valence-electron chi connectivity index (χ0n) is 20.9. The van der Waals surface area contributed by atoms with Crippen molar-refractivity contribution in [2.24, 2.45) is 5.92 Å². The average molecular weight is 563 g/mol. The summed E-state index contributed by atoms with van der Waals surface area (Å²) < 4.78 is 11.9. The minimum absolute atomic E-state index is 0.363. The molecule has 0 saturated carbocycles. The van der Waals surface area contributed by atoms with Gasteiger partial charge in [0.05, 0.1) is 23.0 Å². The number of carbonyl (C=O) groups excluding carboxylic acids is 2. The normalized spacial score (nSPS) is 20.5. The molecule has 198 valence electrons. The summed E-state index contributed by atoms with van der Waals surface area (Å²) in [7, 11) is 0. The molecule has 2 saturated heterocycles. The smallest absolute Gasteiger partial charge is 0.266 e. The molecule has 9 heteroatoms. The number of hydroxylamine groups is 1. The first-order valence-electron chi connectivity index (χ1n) is 12.6. The van der Waals surface area contributed by atoms with Crippen molar-refractivity contribution >= 4 is 46.4 Å². The molecule has 0 N–H and O–H groups in total. The van der Waals surface area contributed by atoms with Gasteiger partial charge in [0.2, 0.25) is 5.91 Å². The molecule has 1 aromatic heterocycles. The van der Waals surface area contributed by atoms with Crippen molar-refractivity contribution in [3.8, 4) is 17.1 Å². The first-order valence-corrected chi connectivity index (χ1v) is 13.4. The van der Waals surface area contributed by atoms with Crippen LogP contribution in [0.3, 0.4) is 0 Å². The van der Waals surface area contributed by atoms with Gasteiger partial charge in [-0.15, -0.1) is 0 Å². The van der Waals surface area contributed by atoms with Gasteiger partial charge in [-0.2, -0.15) is 0 Å². The maximum absolute atomic E-state index is 13.9. The van der Waals surface area contributed by atoms with E-state index in [-0.39, 0.29) is 5.91 Å². The molecule has 2 amide bonds. The number of nitrogens with zero attached hydrogens (tertiary/aromatic N) is 2. The molecule has 2 aliphatic heterocycles. The van der Waals surface area contributed by atoms with Gasteiger partial charge in [-0.25, -0.2) is 9.96 Å². The highest BCUT2D eigenvalue weighted by molar-refractivity contribution is 6.36. The van der Waals surface area contributed by atoms with Gasteiger partial charge >= 0.3 is 0 Å². The lowest BCUT2D eigenvalue weighted by atomic mass is 9.94. The van der Waals surface area contributed by atoms with Crippen molar-refractivity contribution in [1.82, 2.24) is 0 Å². The summed E-state index contributed by atoms with van der Waals surface area (Å²) in [5.74, 6) is 0.0427. The quantitative estimate of drug-likeness (QED) is 0.224. The number of hydrogen-bond acceptors (Lipinski definition) is 6. The van der Waals surface area contributed by atoms with Gasteiger partial charge < -0.3 is 9.15 Å². The summed E-state index contributed by atoms with van der Waals surface area (Å²) >= 11 is 12.5. The van der Waals surface area contributed by atoms with E-state index in [0.717, 1.165) is 6.42 Å². The van der Waals surface area contributed by atoms with Crippen LogP contribution < -0.4 is 14.7 Å². The van der Waals surface area contributed by atoms with Crippen molar-refractivity contribution in [2.75, 3.05) is 16.6 Å². The SMILES string of the molecule is CCCOc1ccc(N2C(=O)[C@H]3[C@@H](c4ccc(-c5ccc(Cl)cc5Cl)o4)N(c4ccccc4)O[C@H]3C2=O)cc1. The van der Waals surface area contributed by atoms with Crippen LogP contribution in [0, 0.1) is 5.92 Å². The van der Waals surface area contributed by atoms with Gasteiger partial charge in [0.1, 0.15) is 29.2 Å². The summed E-state index contributed by atoms with van der Waals surface area (Å²) in [6.45, 7) is 2.61. The standard InChI is InChI=1S/C30H24Cl2N2O5/c1-2-16-37-21-11-9-19(10-12-21)33-29(35)26-27(34(39-28(26)30(33)36)20-6-4-3-5-7-20)25-15-14-24(38-25)22-13-8-18(31)17-23(22)32/h3-15,17,26-28H,2,16H2,1H3/t26-,27+,28+/m0/s1. The molecule has 0 unspecified atom stereocenters. The maximum Gasteiger partial charge on any atom is 0.266 e. The van der Waals surface area contributed by atoms with Crippen LogP contribution >= 0.6 is 23.2 Å². The lowest BCUT2D eigenvalue weighted by Crippen LogP contribution is -2.37. The van der Waals surface area contributed by atoms with Gasteiger partial charge in [0, 0.05) is 10.6 Å². The fraction of sp³-hybridized carbons (Fsp3) is 0.200. The predicted octanol–water partition coefficient (Wildman–Crippen LogP) is 7.09. The molecule has 2 aliphatic rings. The Morgan fingerprint density at radius 3 is 2.36 bits per heavy atom. The third-order valence-corrected chi connectivity index (χ3v) is 7.36. The molecule has 3 atom stereocenters. The zero-order chi connectivity index (χ0) is 27.1. The highest BCUT2D eigenvalue weighted by Crippen LogP contribution is 2.48. The van der Waals surface area contributed by atoms with Crippen LogP contribution in [0.4, 0.5) is 11.4 Å². The number of benzene rings is 3. The molecule has 7 nitrogen and oxygen atoms in total. The number of imide groups is 1. The second-order valence-corrected chi connectivity index (χ2v) is 10.2. The van der Waals surface area contributed by atoms with E-state index in [1.807, 2.05) is 37.3 Å². The topological polar surface area (TPSA) is 72.2 Å². The first kappa shape index (κ1) is 25.5. The lowest BCUT2D eigenvalue weighted by Gasteiger charge is -2.27. The molecule has 6 rings (SSSR count). The largest absolute Gasteiger partial charge is 0.494 e. The van der Waals surface area contributed by atoms with Crippen LogP contribution in [0.15, 0.2) is 89.3 Å². The summed E-state index contributed by atoms with van der Waals surface area (Å²) in [6, 6.07) is 24.3. The second-order valence-electron chi connectivity index (χ2n) is 9.34. The molecule has 0 spiro atoms. The molecule has 3 aromatic carbocycles. The minimum Gasteiger partial charge on any atom is -0.494 e. The van der Waals surface area contributed by atoms with E-state index in [4.69, 9.17) is 37.2 Å². The molecule has 0 aliphatic carbocycles. The number of rotatable bonds is 7. The third kappa shape index (κ3) is 4.56. The van der Waals surface area contributed by atoms with Gasteiger partial charge in [-0.3, -0.25) is 14.4 Å². The van der Waals surface area contributed by atoms with Crippen LogP contribution in [0.1, 0.15) is 25.1 Å². The molecular weight excluding hydrogens is 539 g/mol. The predicted molar refractivity (Wildman–Crippen MR) is 149 cm³/mol. The number of carbonyl (C=O) groups is 2. The fourth-order valence-electron chi connectivity index (χ4n) is 5.01. The van der Waals surface area contributed by atoms with E-state index >= 15 is 0 Å². The molecule has 0 bridgehead atoms. The second kappa shape index (κ2) is 10.4. The molecule has 3 heterocycles. The van der Waals surface area contributed by atoms with E-state index in [9.17, 15) is 9.59 Å². The summed E-state index contributed by atoms with van der Waals surface area (Å²) in [6.07, 6.45) is -0.129. The van der Waals surface area contributed by atoms with E-state index in [2.05, 4.69) is 0 Å². The minimum atomic E-state index is -1.01. The van der Waals surface area contributed by atoms with E-state index in [1.54, 1.807) is 59.7 Å². The van der Waals surface area contributed by atoms with Crippen molar-refractivity contribution in [2.45, 2.75) is 25.5 Å². The lowest BCUT2D eigenvalue weighted by molar-refractivity contribution is -0.126. The summed E-state index contributed by atoms with van der Waals surface area (Å²) in [5, 5.41) is 2.54. The Bertz CT molecular complexity index is 1520. The Kier molecular flexibility index (Phi) is 6.81. The number of furan rings is 1. The Hall–Kier alpha value is -3.78. The summed E-state index contributed by atoms with van der Waals surface area (Å²) in [4.78, 5) is 34.8. The zero-order valence-corrected chi connectivity index (χ0v) is 22.4. The Balaban J connectivity index is 1.36. The highest BCUT2D eigenvalue weighted by Gasteiger charge is 2.61. The molecule has 2 fully saturated rings. The number of para-hydroxylation sites is 1. The number of halogens is 2. The molecule has 4 aromatic rings. The van der Waals surface area contributed by atoms with Crippen molar-refractivity contribution in [1.29, 1.82) is 0 Å². The number of ether oxygens (including phenoxy) is 1.